The van der Waals surface area contributed by atoms with Gasteiger partial charge in [0.15, 0.2) is 0 Å². The standard InChI is InChI=1S/C7H4Cl2F2/c8-6-3-1-2-5(4-6)7(9,10)11/h1-4H. The Morgan fingerprint density at radius 2 is 1.91 bits per heavy atom. The normalized spacial score (nSPS) is 11.6. The highest BCUT2D eigenvalue weighted by Crippen LogP contribution is 2.33. The zero-order valence-electron chi connectivity index (χ0n) is 5.32. The van der Waals surface area contributed by atoms with Crippen LogP contribution >= 0.6 is 23.2 Å². The van der Waals surface area contributed by atoms with E-state index >= 15 is 0 Å². The molecule has 0 fully saturated rings. The first-order valence-electron chi connectivity index (χ1n) is 2.83. The average molecular weight is 197 g/mol. The summed E-state index contributed by atoms with van der Waals surface area (Å²) in [7, 11) is 0. The van der Waals surface area contributed by atoms with E-state index in [1.54, 1.807) is 0 Å². The molecule has 0 heterocycles. The van der Waals surface area contributed by atoms with Crippen LogP contribution in [0.25, 0.3) is 0 Å². The minimum Gasteiger partial charge on any atom is -0.183 e. The summed E-state index contributed by atoms with van der Waals surface area (Å²) in [6, 6.07) is 5.29. The first kappa shape index (κ1) is 8.75. The Bertz CT molecular complexity index is 255. The summed E-state index contributed by atoms with van der Waals surface area (Å²) in [6.07, 6.45) is 0. The second-order valence-electron chi connectivity index (χ2n) is 2.01. The van der Waals surface area contributed by atoms with E-state index in [4.69, 9.17) is 23.2 Å². The van der Waals surface area contributed by atoms with E-state index in [1.165, 1.54) is 18.2 Å². The minimum atomic E-state index is -3.33. The molecule has 0 radical (unpaired) electrons. The Balaban J connectivity index is 3.06. The Kier molecular flexibility index (Phi) is 2.35. The highest BCUT2D eigenvalue weighted by atomic mass is 35.5. The van der Waals surface area contributed by atoms with Crippen LogP contribution < -0.4 is 0 Å². The third-order valence-corrected chi connectivity index (χ3v) is 1.61. The molecule has 0 aliphatic carbocycles. The van der Waals surface area contributed by atoms with Crippen molar-refractivity contribution in [2.45, 2.75) is 5.38 Å². The average Bonchev–Trinajstić information content (AvgIpc) is 1.86. The molecule has 11 heavy (non-hydrogen) atoms. The van der Waals surface area contributed by atoms with Crippen LogP contribution in [0.5, 0.6) is 0 Å². The van der Waals surface area contributed by atoms with Crippen LogP contribution in [0.4, 0.5) is 8.78 Å². The van der Waals surface area contributed by atoms with Crippen molar-refractivity contribution in [3.8, 4) is 0 Å². The summed E-state index contributed by atoms with van der Waals surface area (Å²) >= 11 is 10.2. The van der Waals surface area contributed by atoms with Gasteiger partial charge in [0.05, 0.1) is 0 Å². The molecule has 0 nitrogen and oxygen atoms in total. The molecule has 0 aromatic heterocycles. The van der Waals surface area contributed by atoms with Gasteiger partial charge < -0.3 is 0 Å². The minimum absolute atomic E-state index is 0.253. The molecule has 1 rings (SSSR count). The van der Waals surface area contributed by atoms with Crippen molar-refractivity contribution < 1.29 is 8.78 Å². The van der Waals surface area contributed by atoms with Gasteiger partial charge in [0.2, 0.25) is 0 Å². The van der Waals surface area contributed by atoms with Gasteiger partial charge in [0, 0.05) is 10.6 Å². The lowest BCUT2D eigenvalue weighted by molar-refractivity contribution is 0.0951. The van der Waals surface area contributed by atoms with Crippen LogP contribution in [0.15, 0.2) is 24.3 Å². The van der Waals surface area contributed by atoms with Gasteiger partial charge in [-0.05, 0) is 23.7 Å². The van der Waals surface area contributed by atoms with Crippen molar-refractivity contribution in [1.82, 2.24) is 0 Å². The molecule has 0 aliphatic heterocycles. The lowest BCUT2D eigenvalue weighted by Gasteiger charge is -2.06. The van der Waals surface area contributed by atoms with Crippen LogP contribution in [0.1, 0.15) is 5.56 Å². The predicted octanol–water partition coefficient (Wildman–Crippen LogP) is 3.63. The van der Waals surface area contributed by atoms with Crippen molar-refractivity contribution in [3.05, 3.63) is 34.9 Å². The monoisotopic (exact) mass is 196 g/mol. The van der Waals surface area contributed by atoms with E-state index in [0.717, 1.165) is 6.07 Å². The third-order valence-electron chi connectivity index (χ3n) is 1.15. The first-order chi connectivity index (χ1) is 5.00. The van der Waals surface area contributed by atoms with E-state index in [1.807, 2.05) is 0 Å². The highest BCUT2D eigenvalue weighted by molar-refractivity contribution is 6.30. The number of alkyl halides is 3. The topological polar surface area (TPSA) is 0 Å². The highest BCUT2D eigenvalue weighted by Gasteiger charge is 2.27. The zero-order valence-corrected chi connectivity index (χ0v) is 6.83. The molecule has 1 aromatic carbocycles. The van der Waals surface area contributed by atoms with Crippen LogP contribution in [-0.2, 0) is 5.38 Å². The van der Waals surface area contributed by atoms with Gasteiger partial charge >= 0.3 is 5.38 Å². The summed E-state index contributed by atoms with van der Waals surface area (Å²) in [5, 5.41) is -3.08. The maximum atomic E-state index is 12.3. The Morgan fingerprint density at radius 3 is 2.27 bits per heavy atom. The van der Waals surface area contributed by atoms with Crippen LogP contribution in [0.3, 0.4) is 0 Å². The van der Waals surface area contributed by atoms with Gasteiger partial charge in [-0.2, -0.15) is 8.78 Å². The Labute approximate surface area is 72.7 Å². The van der Waals surface area contributed by atoms with Gasteiger partial charge in [-0.25, -0.2) is 0 Å². The Morgan fingerprint density at radius 1 is 1.27 bits per heavy atom. The molecule has 60 valence electrons. The van der Waals surface area contributed by atoms with E-state index in [-0.39, 0.29) is 10.6 Å². The molecule has 4 heteroatoms. The van der Waals surface area contributed by atoms with Crippen molar-refractivity contribution in [1.29, 1.82) is 0 Å². The molecule has 0 N–H and O–H groups in total. The fraction of sp³-hybridized carbons (Fsp3) is 0.143. The summed E-state index contributed by atoms with van der Waals surface area (Å²) in [5.74, 6) is 0. The predicted molar refractivity (Wildman–Crippen MR) is 41.2 cm³/mol. The van der Waals surface area contributed by atoms with Crippen molar-refractivity contribution in [3.63, 3.8) is 0 Å². The van der Waals surface area contributed by atoms with Gasteiger partial charge in [-0.15, -0.1) is 0 Å². The van der Waals surface area contributed by atoms with Crippen molar-refractivity contribution >= 4 is 23.2 Å². The largest absolute Gasteiger partial charge is 0.348 e. The fourth-order valence-corrected chi connectivity index (χ4v) is 0.973. The summed E-state index contributed by atoms with van der Waals surface area (Å²) in [5.41, 5.74) is -0.285. The molecule has 1 aromatic rings. The van der Waals surface area contributed by atoms with Gasteiger partial charge in [-0.1, -0.05) is 23.7 Å². The molecule has 0 amide bonds. The second-order valence-corrected chi connectivity index (χ2v) is 2.92. The molecule has 0 saturated heterocycles. The maximum Gasteiger partial charge on any atom is 0.348 e. The molecule has 0 saturated carbocycles. The van der Waals surface area contributed by atoms with Crippen molar-refractivity contribution in [2.24, 2.45) is 0 Å². The maximum absolute atomic E-state index is 12.3. The zero-order chi connectivity index (χ0) is 8.48. The molecule has 0 aliphatic rings. The number of rotatable bonds is 1. The number of halogens is 4. The van der Waals surface area contributed by atoms with Gasteiger partial charge in [-0.3, -0.25) is 0 Å². The van der Waals surface area contributed by atoms with Crippen LogP contribution in [0.2, 0.25) is 5.02 Å². The smallest absolute Gasteiger partial charge is 0.183 e. The van der Waals surface area contributed by atoms with E-state index in [9.17, 15) is 8.78 Å². The fourth-order valence-electron chi connectivity index (χ4n) is 0.665. The third kappa shape index (κ3) is 2.31. The number of benzene rings is 1. The van der Waals surface area contributed by atoms with E-state index in [2.05, 4.69) is 0 Å². The summed E-state index contributed by atoms with van der Waals surface area (Å²) in [6.45, 7) is 0. The molecule has 0 atom stereocenters. The van der Waals surface area contributed by atoms with E-state index in [0.29, 0.717) is 0 Å². The van der Waals surface area contributed by atoms with Crippen molar-refractivity contribution in [2.75, 3.05) is 0 Å². The molecule has 0 bridgehead atoms. The summed E-state index contributed by atoms with van der Waals surface area (Å²) < 4.78 is 24.7. The number of hydrogen-bond donors (Lipinski definition) is 0. The molecule has 0 unspecified atom stereocenters. The van der Waals surface area contributed by atoms with Gasteiger partial charge in [0.25, 0.3) is 0 Å². The summed E-state index contributed by atoms with van der Waals surface area (Å²) in [4.78, 5) is 0. The molecular formula is C7H4Cl2F2. The quantitative estimate of drug-likeness (QED) is 0.603. The first-order valence-corrected chi connectivity index (χ1v) is 3.58. The van der Waals surface area contributed by atoms with Gasteiger partial charge in [0.1, 0.15) is 0 Å². The SMILES string of the molecule is FC(F)(Cl)c1cccc(Cl)c1. The molecular weight excluding hydrogens is 193 g/mol. The lowest BCUT2D eigenvalue weighted by atomic mass is 10.2. The number of hydrogen-bond acceptors (Lipinski definition) is 0. The van der Waals surface area contributed by atoms with Crippen LogP contribution in [-0.4, -0.2) is 0 Å². The molecule has 0 spiro atoms. The second kappa shape index (κ2) is 2.95. The van der Waals surface area contributed by atoms with E-state index < -0.39 is 5.38 Å². The van der Waals surface area contributed by atoms with Crippen LogP contribution in [0, 0.1) is 0 Å². The Hall–Kier alpha value is -0.340. The lowest BCUT2D eigenvalue weighted by Crippen LogP contribution is -2.02.